The number of carbonyl (C=O) groups excluding carboxylic acids is 1. The number of carbonyl (C=O) groups is 1. The number of ether oxygens (including phenoxy) is 1. The summed E-state index contributed by atoms with van der Waals surface area (Å²) in [4.78, 5) is 23.5. The number of aryl methyl sites for hydroxylation is 1. The van der Waals surface area contributed by atoms with Gasteiger partial charge in [0.15, 0.2) is 11.6 Å². The van der Waals surface area contributed by atoms with E-state index in [1.54, 1.807) is 36.4 Å². The molecule has 3 aromatic rings. The highest BCUT2D eigenvalue weighted by Crippen LogP contribution is 2.26. The van der Waals surface area contributed by atoms with Gasteiger partial charge in [0.2, 0.25) is 0 Å². The number of aromatic amines is 1. The second-order valence-electron chi connectivity index (χ2n) is 5.08. The van der Waals surface area contributed by atoms with Crippen molar-refractivity contribution in [1.82, 2.24) is 9.78 Å². The van der Waals surface area contributed by atoms with Gasteiger partial charge in [0.05, 0.1) is 0 Å². The Morgan fingerprint density at radius 3 is 2.67 bits per heavy atom. The molecule has 122 valence electrons. The van der Waals surface area contributed by atoms with Crippen LogP contribution >= 0.6 is 0 Å². The van der Waals surface area contributed by atoms with Crippen LogP contribution in [0.25, 0.3) is 0 Å². The van der Waals surface area contributed by atoms with Crippen molar-refractivity contribution in [3.8, 4) is 11.5 Å². The number of nitrogens with one attached hydrogen (secondary N) is 2. The maximum Gasteiger partial charge on any atom is 0.273 e. The van der Waals surface area contributed by atoms with Crippen LogP contribution in [0.2, 0.25) is 0 Å². The van der Waals surface area contributed by atoms with Gasteiger partial charge in [0.25, 0.3) is 11.5 Å². The van der Waals surface area contributed by atoms with E-state index in [0.717, 1.165) is 0 Å². The Hall–Kier alpha value is -3.35. The smallest absolute Gasteiger partial charge is 0.273 e. The van der Waals surface area contributed by atoms with Crippen molar-refractivity contribution in [1.29, 1.82) is 0 Å². The fraction of sp³-hybridized carbons (Fsp3) is 0.0588. The quantitative estimate of drug-likeness (QED) is 0.773. The third-order valence-corrected chi connectivity index (χ3v) is 3.29. The first kappa shape index (κ1) is 15.5. The van der Waals surface area contributed by atoms with Crippen LogP contribution in [0.1, 0.15) is 10.5 Å². The van der Waals surface area contributed by atoms with E-state index in [4.69, 9.17) is 4.74 Å². The number of amides is 1. The minimum Gasteiger partial charge on any atom is -0.454 e. The first-order valence-electron chi connectivity index (χ1n) is 7.13. The van der Waals surface area contributed by atoms with Crippen LogP contribution in [0.5, 0.6) is 11.5 Å². The van der Waals surface area contributed by atoms with Gasteiger partial charge in [-0.1, -0.05) is 18.2 Å². The summed E-state index contributed by atoms with van der Waals surface area (Å²) in [5.74, 6) is -0.475. The zero-order chi connectivity index (χ0) is 17.1. The van der Waals surface area contributed by atoms with Gasteiger partial charge in [0, 0.05) is 24.9 Å². The molecule has 0 saturated carbocycles. The van der Waals surface area contributed by atoms with E-state index in [9.17, 15) is 14.0 Å². The van der Waals surface area contributed by atoms with E-state index in [0.29, 0.717) is 11.4 Å². The monoisotopic (exact) mass is 327 g/mol. The van der Waals surface area contributed by atoms with Crippen LogP contribution in [0.3, 0.4) is 0 Å². The molecule has 0 aliphatic carbocycles. The van der Waals surface area contributed by atoms with Gasteiger partial charge in [-0.15, -0.1) is 0 Å². The van der Waals surface area contributed by atoms with Gasteiger partial charge < -0.3 is 10.1 Å². The fourth-order valence-corrected chi connectivity index (χ4v) is 2.09. The number of para-hydroxylation sites is 1. The van der Waals surface area contributed by atoms with E-state index in [2.05, 4.69) is 10.4 Å². The molecule has 0 aliphatic rings. The van der Waals surface area contributed by atoms with Crippen LogP contribution < -0.4 is 15.6 Å². The zero-order valence-electron chi connectivity index (χ0n) is 12.7. The second-order valence-corrected chi connectivity index (χ2v) is 5.08. The molecule has 0 spiro atoms. The van der Waals surface area contributed by atoms with Crippen LogP contribution in [0.15, 0.2) is 59.4 Å². The molecular formula is C17H14FN3O3. The Bertz CT molecular complexity index is 946. The van der Waals surface area contributed by atoms with E-state index in [-0.39, 0.29) is 17.0 Å². The molecule has 2 N–H and O–H groups in total. The highest BCUT2D eigenvalue weighted by Gasteiger charge is 2.11. The molecule has 0 atom stereocenters. The lowest BCUT2D eigenvalue weighted by molar-refractivity contribution is 0.102. The fourth-order valence-electron chi connectivity index (χ4n) is 2.09. The molecule has 0 fully saturated rings. The van der Waals surface area contributed by atoms with Crippen molar-refractivity contribution in [2.45, 2.75) is 0 Å². The third-order valence-electron chi connectivity index (χ3n) is 3.29. The van der Waals surface area contributed by atoms with Crippen LogP contribution in [-0.4, -0.2) is 15.7 Å². The molecule has 1 amide bonds. The standard InChI is InChI=1S/C17H14FN3O3/c1-21-16(22)10-14(20-21)17(23)19-11-5-4-6-12(9-11)24-15-8-3-2-7-13(15)18/h2-10,20H,1H3,(H,19,23). The van der Waals surface area contributed by atoms with E-state index in [1.807, 2.05) is 0 Å². The molecule has 3 rings (SSSR count). The minimum atomic E-state index is -0.478. The highest BCUT2D eigenvalue weighted by molar-refractivity contribution is 6.02. The molecule has 0 radical (unpaired) electrons. The lowest BCUT2D eigenvalue weighted by Crippen LogP contribution is -2.13. The van der Waals surface area contributed by atoms with Crippen LogP contribution in [0, 0.1) is 5.82 Å². The number of nitrogens with zero attached hydrogens (tertiary/aromatic N) is 1. The molecule has 0 saturated heterocycles. The SMILES string of the molecule is Cn1[nH]c(C(=O)Nc2cccc(Oc3ccccc3F)c2)cc1=O. The normalized spacial score (nSPS) is 10.4. The number of aromatic nitrogens is 2. The molecule has 1 aromatic heterocycles. The maximum absolute atomic E-state index is 13.6. The number of rotatable bonds is 4. The Kier molecular flexibility index (Phi) is 4.15. The van der Waals surface area contributed by atoms with E-state index < -0.39 is 11.7 Å². The van der Waals surface area contributed by atoms with Crippen LogP contribution in [-0.2, 0) is 7.05 Å². The van der Waals surface area contributed by atoms with Gasteiger partial charge in [0.1, 0.15) is 11.4 Å². The summed E-state index contributed by atoms with van der Waals surface area (Å²) < 4.78 is 20.3. The predicted molar refractivity (Wildman–Crippen MR) is 86.9 cm³/mol. The van der Waals surface area contributed by atoms with Crippen molar-refractivity contribution in [3.05, 3.63) is 76.5 Å². The molecule has 0 unspecified atom stereocenters. The second kappa shape index (κ2) is 6.41. The van der Waals surface area contributed by atoms with Gasteiger partial charge in [-0.2, -0.15) is 0 Å². The third kappa shape index (κ3) is 3.35. The summed E-state index contributed by atoms with van der Waals surface area (Å²) in [6, 6.07) is 13.8. The number of hydrogen-bond donors (Lipinski definition) is 2. The number of benzene rings is 2. The lowest BCUT2D eigenvalue weighted by atomic mass is 10.2. The number of hydrogen-bond acceptors (Lipinski definition) is 3. The first-order valence-corrected chi connectivity index (χ1v) is 7.13. The summed E-state index contributed by atoms with van der Waals surface area (Å²) in [7, 11) is 1.52. The Morgan fingerprint density at radius 1 is 1.17 bits per heavy atom. The van der Waals surface area contributed by atoms with Crippen molar-refractivity contribution in [3.63, 3.8) is 0 Å². The first-order chi connectivity index (χ1) is 11.5. The largest absolute Gasteiger partial charge is 0.454 e. The van der Waals surface area contributed by atoms with E-state index >= 15 is 0 Å². The van der Waals surface area contributed by atoms with Gasteiger partial charge >= 0.3 is 0 Å². The topological polar surface area (TPSA) is 76.1 Å². The van der Waals surface area contributed by atoms with Gasteiger partial charge in [-0.3, -0.25) is 19.4 Å². The van der Waals surface area contributed by atoms with Gasteiger partial charge in [-0.05, 0) is 24.3 Å². The van der Waals surface area contributed by atoms with Crippen LogP contribution in [0.4, 0.5) is 10.1 Å². The maximum atomic E-state index is 13.6. The average molecular weight is 327 g/mol. The molecule has 24 heavy (non-hydrogen) atoms. The zero-order valence-corrected chi connectivity index (χ0v) is 12.7. The summed E-state index contributed by atoms with van der Waals surface area (Å²) in [6.07, 6.45) is 0. The Balaban J connectivity index is 1.77. The molecular weight excluding hydrogens is 313 g/mol. The molecule has 0 aliphatic heterocycles. The summed E-state index contributed by atoms with van der Waals surface area (Å²) in [5.41, 5.74) is 0.290. The Labute approximate surface area is 136 Å². The predicted octanol–water partition coefficient (Wildman–Crippen LogP) is 2.90. The number of H-pyrrole nitrogens is 1. The number of halogens is 1. The van der Waals surface area contributed by atoms with E-state index in [1.165, 1.54) is 29.9 Å². The average Bonchev–Trinajstić information content (AvgIpc) is 2.90. The molecule has 6 nitrogen and oxygen atoms in total. The summed E-state index contributed by atoms with van der Waals surface area (Å²) in [6.45, 7) is 0. The van der Waals surface area contributed by atoms with Crippen molar-refractivity contribution >= 4 is 11.6 Å². The molecule has 1 heterocycles. The Morgan fingerprint density at radius 2 is 1.96 bits per heavy atom. The minimum absolute atomic E-state index is 0.0911. The molecule has 7 heteroatoms. The summed E-state index contributed by atoms with van der Waals surface area (Å²) >= 11 is 0. The molecule has 2 aromatic carbocycles. The molecule has 0 bridgehead atoms. The van der Waals surface area contributed by atoms with Crippen molar-refractivity contribution < 1.29 is 13.9 Å². The number of anilines is 1. The lowest BCUT2D eigenvalue weighted by Gasteiger charge is -2.09. The summed E-state index contributed by atoms with van der Waals surface area (Å²) in [5, 5.41) is 5.28. The highest BCUT2D eigenvalue weighted by atomic mass is 19.1. The van der Waals surface area contributed by atoms with Gasteiger partial charge in [-0.25, -0.2) is 4.39 Å². The van der Waals surface area contributed by atoms with Crippen molar-refractivity contribution in [2.75, 3.05) is 5.32 Å². The van der Waals surface area contributed by atoms with Crippen molar-refractivity contribution in [2.24, 2.45) is 7.05 Å².